The Morgan fingerprint density at radius 2 is 1.91 bits per heavy atom. The zero-order valence-electron chi connectivity index (χ0n) is 19.1. The highest BCUT2D eigenvalue weighted by Crippen LogP contribution is 2.38. The average molecular weight is 509 g/mol. The number of nitrogens with one attached hydrogen (secondary N) is 2. The van der Waals surface area contributed by atoms with Gasteiger partial charge in [0.25, 0.3) is 0 Å². The first-order valence-corrected chi connectivity index (χ1v) is 13.7. The number of sulfone groups is 1. The number of fused-ring (bicyclic) bond motifs is 1. The number of hydrogen-bond donors (Lipinski definition) is 5. The van der Waals surface area contributed by atoms with Gasteiger partial charge in [0.05, 0.1) is 39.5 Å². The number of pyridine rings is 1. The normalized spacial score (nSPS) is 22.9. The summed E-state index contributed by atoms with van der Waals surface area (Å²) in [6, 6.07) is 1.33. The van der Waals surface area contributed by atoms with Crippen molar-refractivity contribution in [3.05, 3.63) is 23.7 Å². The van der Waals surface area contributed by atoms with Crippen LogP contribution < -0.4 is 10.6 Å². The number of aliphatic hydroxyl groups is 3. The van der Waals surface area contributed by atoms with Crippen molar-refractivity contribution in [3.8, 4) is 10.6 Å². The van der Waals surface area contributed by atoms with Crippen LogP contribution >= 0.6 is 11.3 Å². The van der Waals surface area contributed by atoms with E-state index in [2.05, 4.69) is 25.6 Å². The van der Waals surface area contributed by atoms with Crippen LogP contribution in [0, 0.1) is 19.8 Å². The van der Waals surface area contributed by atoms with Gasteiger partial charge in [0, 0.05) is 31.5 Å². The number of nitrogens with zero attached hydrogens (tertiary/aromatic N) is 4. The maximum Gasteiger partial charge on any atom is 0.224 e. The lowest BCUT2D eigenvalue weighted by atomic mass is 10.1. The molecule has 0 bridgehead atoms. The Morgan fingerprint density at radius 3 is 2.56 bits per heavy atom. The highest BCUT2D eigenvalue weighted by molar-refractivity contribution is 7.90. The molecule has 1 fully saturated rings. The van der Waals surface area contributed by atoms with Crippen LogP contribution in [0.15, 0.2) is 12.3 Å². The van der Waals surface area contributed by atoms with Crippen LogP contribution in [0.4, 0.5) is 11.8 Å². The first-order valence-electron chi connectivity index (χ1n) is 10.8. The van der Waals surface area contributed by atoms with Crippen molar-refractivity contribution < 1.29 is 23.7 Å². The fourth-order valence-electron chi connectivity index (χ4n) is 4.07. The quantitative estimate of drug-likeness (QED) is 0.291. The third-order valence-corrected chi connectivity index (χ3v) is 7.89. The third kappa shape index (κ3) is 5.13. The Kier molecular flexibility index (Phi) is 7.01. The predicted molar refractivity (Wildman–Crippen MR) is 131 cm³/mol. The molecule has 1 aliphatic carbocycles. The summed E-state index contributed by atoms with van der Waals surface area (Å²) in [5.41, 5.74) is 2.83. The molecular formula is C21H28N6O5S2. The maximum atomic E-state index is 11.5. The Morgan fingerprint density at radius 1 is 1.15 bits per heavy atom. The van der Waals surface area contributed by atoms with Crippen molar-refractivity contribution in [1.82, 2.24) is 19.9 Å². The molecule has 1 saturated carbocycles. The summed E-state index contributed by atoms with van der Waals surface area (Å²) in [7, 11) is -3.16. The number of thiazole rings is 1. The molecule has 13 heteroatoms. The summed E-state index contributed by atoms with van der Waals surface area (Å²) >= 11 is 1.46. The van der Waals surface area contributed by atoms with Gasteiger partial charge in [-0.25, -0.2) is 18.4 Å². The molecule has 184 valence electrons. The van der Waals surface area contributed by atoms with Gasteiger partial charge in [0.2, 0.25) is 5.95 Å². The van der Waals surface area contributed by atoms with Gasteiger partial charge in [0.15, 0.2) is 0 Å². The van der Waals surface area contributed by atoms with E-state index in [0.29, 0.717) is 28.5 Å². The standard InChI is InChI=1S/C21H28N6O5S2/c1-10-15(20-26-16-11(2)22-5-4-14(16)33-20)19(25-13-8-12(9-28)17(29)18(13)30)27-21(24-10)23-6-7-34(3,31)32/h4-5,12-13,17-18,28-30H,6-9H2,1-3H3,(H2,23,24,25,27)/t12-,13-,17-,18+/m1/s1. The Hall–Kier alpha value is -2.45. The summed E-state index contributed by atoms with van der Waals surface area (Å²) in [6.07, 6.45) is 1.08. The molecule has 0 radical (unpaired) electrons. The molecule has 34 heavy (non-hydrogen) atoms. The monoisotopic (exact) mass is 508 g/mol. The van der Waals surface area contributed by atoms with Crippen LogP contribution in [0.3, 0.4) is 0 Å². The highest BCUT2D eigenvalue weighted by atomic mass is 32.2. The number of rotatable bonds is 8. The minimum Gasteiger partial charge on any atom is -0.396 e. The van der Waals surface area contributed by atoms with E-state index in [1.807, 2.05) is 13.0 Å². The van der Waals surface area contributed by atoms with Gasteiger partial charge in [-0.1, -0.05) is 0 Å². The van der Waals surface area contributed by atoms with Crippen molar-refractivity contribution in [3.63, 3.8) is 0 Å². The van der Waals surface area contributed by atoms with Gasteiger partial charge in [-0.3, -0.25) is 4.98 Å². The molecule has 4 atom stereocenters. The van der Waals surface area contributed by atoms with E-state index in [0.717, 1.165) is 22.2 Å². The summed E-state index contributed by atoms with van der Waals surface area (Å²) < 4.78 is 23.9. The van der Waals surface area contributed by atoms with Crippen molar-refractivity contribution >= 4 is 43.2 Å². The topological polar surface area (TPSA) is 170 Å². The van der Waals surface area contributed by atoms with Gasteiger partial charge >= 0.3 is 0 Å². The number of hydrogen-bond acceptors (Lipinski definition) is 12. The Balaban J connectivity index is 1.74. The van der Waals surface area contributed by atoms with Crippen LogP contribution in [-0.2, 0) is 9.84 Å². The molecule has 0 spiro atoms. The predicted octanol–water partition coefficient (Wildman–Crippen LogP) is 0.736. The molecule has 0 aromatic carbocycles. The summed E-state index contributed by atoms with van der Waals surface area (Å²) in [5.74, 6) is 0.102. The maximum absolute atomic E-state index is 11.5. The lowest BCUT2D eigenvalue weighted by Crippen LogP contribution is -2.35. The third-order valence-electron chi connectivity index (χ3n) is 5.91. The van der Waals surface area contributed by atoms with E-state index in [-0.39, 0.29) is 24.9 Å². The summed E-state index contributed by atoms with van der Waals surface area (Å²) in [5, 5.41) is 37.1. The highest BCUT2D eigenvalue weighted by Gasteiger charge is 2.41. The van der Waals surface area contributed by atoms with Crippen LogP contribution in [0.5, 0.6) is 0 Å². The van der Waals surface area contributed by atoms with Gasteiger partial charge in [-0.05, 0) is 26.3 Å². The average Bonchev–Trinajstić information content (AvgIpc) is 3.30. The Bertz CT molecular complexity index is 1300. The van der Waals surface area contributed by atoms with Gasteiger partial charge in [-0.2, -0.15) is 4.98 Å². The second-order valence-corrected chi connectivity index (χ2v) is 11.9. The summed E-state index contributed by atoms with van der Waals surface area (Å²) in [4.78, 5) is 18.1. The Labute approximate surface area is 201 Å². The van der Waals surface area contributed by atoms with Gasteiger partial charge < -0.3 is 26.0 Å². The molecule has 5 N–H and O–H groups in total. The second kappa shape index (κ2) is 9.66. The van der Waals surface area contributed by atoms with E-state index in [1.54, 1.807) is 13.1 Å². The first kappa shape index (κ1) is 24.7. The zero-order valence-corrected chi connectivity index (χ0v) is 20.7. The van der Waals surface area contributed by atoms with Crippen molar-refractivity contribution in [2.75, 3.05) is 35.8 Å². The van der Waals surface area contributed by atoms with Gasteiger partial charge in [-0.15, -0.1) is 11.3 Å². The largest absolute Gasteiger partial charge is 0.396 e. The van der Waals surface area contributed by atoms with Crippen LogP contribution in [0.2, 0.25) is 0 Å². The molecular weight excluding hydrogens is 480 g/mol. The zero-order chi connectivity index (χ0) is 24.6. The van der Waals surface area contributed by atoms with E-state index in [4.69, 9.17) is 4.98 Å². The van der Waals surface area contributed by atoms with E-state index >= 15 is 0 Å². The smallest absolute Gasteiger partial charge is 0.224 e. The first-order chi connectivity index (χ1) is 16.1. The van der Waals surface area contributed by atoms with Crippen molar-refractivity contribution in [2.45, 2.75) is 38.5 Å². The fraction of sp³-hybridized carbons (Fsp3) is 0.524. The lowest BCUT2D eigenvalue weighted by Gasteiger charge is -2.21. The van der Waals surface area contributed by atoms with E-state index in [1.165, 1.54) is 11.3 Å². The molecule has 3 aromatic rings. The van der Waals surface area contributed by atoms with Gasteiger partial charge in [0.1, 0.15) is 32.3 Å². The molecule has 0 amide bonds. The number of aryl methyl sites for hydroxylation is 2. The molecule has 1 aliphatic rings. The number of aliphatic hydroxyl groups excluding tert-OH is 3. The number of anilines is 2. The van der Waals surface area contributed by atoms with Crippen LogP contribution in [0.1, 0.15) is 17.8 Å². The molecule has 0 unspecified atom stereocenters. The lowest BCUT2D eigenvalue weighted by molar-refractivity contribution is 0.00446. The molecule has 0 saturated heterocycles. The second-order valence-electron chi connectivity index (χ2n) is 8.59. The van der Waals surface area contributed by atoms with Crippen molar-refractivity contribution in [1.29, 1.82) is 0 Å². The molecule has 0 aliphatic heterocycles. The molecule has 11 nitrogen and oxygen atoms in total. The summed E-state index contributed by atoms with van der Waals surface area (Å²) in [6.45, 7) is 3.58. The fourth-order valence-corrected chi connectivity index (χ4v) is 5.66. The SMILES string of the molecule is Cc1nc(NCCS(C)(=O)=O)nc(N[C@@H]2C[C@H](CO)[C@@H](O)[C@H]2O)c1-c1nc2c(C)nccc2s1. The van der Waals surface area contributed by atoms with E-state index < -0.39 is 34.0 Å². The molecule has 3 heterocycles. The molecule has 4 rings (SSSR count). The van der Waals surface area contributed by atoms with Crippen LogP contribution in [0.25, 0.3) is 20.8 Å². The van der Waals surface area contributed by atoms with E-state index in [9.17, 15) is 23.7 Å². The van der Waals surface area contributed by atoms with Crippen molar-refractivity contribution in [2.24, 2.45) is 5.92 Å². The van der Waals surface area contributed by atoms with Crippen LogP contribution in [-0.4, -0.2) is 87.1 Å². The minimum absolute atomic E-state index is 0.0736. The molecule has 3 aromatic heterocycles. The number of aromatic nitrogens is 4. The minimum atomic E-state index is -3.16.